The molecule has 7 nitrogen and oxygen atoms in total. The third-order valence-corrected chi connectivity index (χ3v) is 5.89. The number of rotatable bonds is 4. The largest absolute Gasteiger partial charge is 0.313 e. The van der Waals surface area contributed by atoms with Gasteiger partial charge in [0.05, 0.1) is 28.2 Å². The fourth-order valence-corrected chi connectivity index (χ4v) is 4.02. The fraction of sp³-hybridized carbons (Fsp3) is 0.167. The maximum absolute atomic E-state index is 14.5. The normalized spacial score (nSPS) is 13.7. The van der Waals surface area contributed by atoms with Crippen LogP contribution in [0.25, 0.3) is 27.8 Å². The summed E-state index contributed by atoms with van der Waals surface area (Å²) in [5.74, 6) is 0.0638. The summed E-state index contributed by atoms with van der Waals surface area (Å²) in [6, 6.07) is 15.9. The topological polar surface area (TPSA) is 77.6 Å². The first kappa shape index (κ1) is 18.7. The van der Waals surface area contributed by atoms with Crippen molar-refractivity contribution in [2.24, 2.45) is 7.05 Å². The number of fused-ring (bicyclic) bond motifs is 2. The number of para-hydroxylation sites is 3. The van der Waals surface area contributed by atoms with Gasteiger partial charge in [0, 0.05) is 18.7 Å². The van der Waals surface area contributed by atoms with Crippen LogP contribution < -0.4 is 5.32 Å². The molecule has 1 N–H and O–H groups in total. The number of carbonyl (C=O) groups is 1. The molecule has 1 aliphatic carbocycles. The minimum Gasteiger partial charge on any atom is -0.313 e. The summed E-state index contributed by atoms with van der Waals surface area (Å²) in [4.78, 5) is 22.6. The summed E-state index contributed by atoms with van der Waals surface area (Å²) >= 11 is 0. The molecule has 0 bridgehead atoms. The number of carbonyl (C=O) groups excluding carboxylic acids is 1. The molecule has 1 amide bonds. The van der Waals surface area contributed by atoms with Gasteiger partial charge in [0.25, 0.3) is 5.91 Å². The van der Waals surface area contributed by atoms with E-state index < -0.39 is 5.82 Å². The predicted molar refractivity (Wildman–Crippen MR) is 119 cm³/mol. The number of benzene rings is 2. The van der Waals surface area contributed by atoms with Gasteiger partial charge in [0.15, 0.2) is 5.65 Å². The first-order valence-electron chi connectivity index (χ1n) is 10.5. The molecule has 8 heteroatoms. The van der Waals surface area contributed by atoms with Crippen LogP contribution in [0.1, 0.15) is 34.8 Å². The molecule has 1 fully saturated rings. The Morgan fingerprint density at radius 1 is 1.09 bits per heavy atom. The Morgan fingerprint density at radius 2 is 1.88 bits per heavy atom. The van der Waals surface area contributed by atoms with E-state index in [9.17, 15) is 9.18 Å². The summed E-state index contributed by atoms with van der Waals surface area (Å²) in [6.07, 6.45) is 3.62. The molecule has 0 aliphatic heterocycles. The number of nitrogens with zero attached hydrogens (tertiary/aromatic N) is 5. The molecule has 0 spiro atoms. The Bertz CT molecular complexity index is 1510. The number of pyridine rings is 1. The molecule has 6 rings (SSSR count). The van der Waals surface area contributed by atoms with E-state index in [-0.39, 0.29) is 5.91 Å². The van der Waals surface area contributed by atoms with Crippen LogP contribution in [0.5, 0.6) is 0 Å². The molecule has 0 radical (unpaired) electrons. The number of imidazole rings is 1. The minimum atomic E-state index is -0.401. The lowest BCUT2D eigenvalue weighted by Gasteiger charge is -2.09. The molecule has 3 aromatic heterocycles. The Morgan fingerprint density at radius 3 is 2.66 bits per heavy atom. The molecule has 158 valence electrons. The highest BCUT2D eigenvalue weighted by Crippen LogP contribution is 2.40. The van der Waals surface area contributed by atoms with Crippen molar-refractivity contribution >= 4 is 33.9 Å². The Kier molecular flexibility index (Phi) is 4.07. The van der Waals surface area contributed by atoms with Gasteiger partial charge in [-0.2, -0.15) is 5.10 Å². The lowest BCUT2D eigenvalue weighted by atomic mass is 10.1. The van der Waals surface area contributed by atoms with Crippen molar-refractivity contribution in [2.75, 3.05) is 5.32 Å². The van der Waals surface area contributed by atoms with Gasteiger partial charge >= 0.3 is 0 Å². The van der Waals surface area contributed by atoms with Gasteiger partial charge in [-0.15, -0.1) is 0 Å². The Labute approximate surface area is 182 Å². The predicted octanol–water partition coefficient (Wildman–Crippen LogP) is 4.58. The van der Waals surface area contributed by atoms with Crippen LogP contribution in [0.4, 0.5) is 10.3 Å². The van der Waals surface area contributed by atoms with E-state index in [0.717, 1.165) is 29.6 Å². The van der Waals surface area contributed by atoms with E-state index in [1.54, 1.807) is 24.4 Å². The Hall–Kier alpha value is -4.07. The lowest BCUT2D eigenvalue weighted by Crippen LogP contribution is -2.16. The first-order valence-corrected chi connectivity index (χ1v) is 10.5. The van der Waals surface area contributed by atoms with E-state index in [2.05, 4.69) is 15.4 Å². The zero-order chi connectivity index (χ0) is 21.8. The number of hydrogen-bond donors (Lipinski definition) is 1. The van der Waals surface area contributed by atoms with Gasteiger partial charge in [-0.25, -0.2) is 19.0 Å². The molecule has 5 aromatic rings. The highest BCUT2D eigenvalue weighted by atomic mass is 19.1. The lowest BCUT2D eigenvalue weighted by molar-refractivity contribution is 0.102. The second kappa shape index (κ2) is 6.98. The van der Waals surface area contributed by atoms with Crippen molar-refractivity contribution in [3.63, 3.8) is 0 Å². The van der Waals surface area contributed by atoms with Crippen LogP contribution in [-0.4, -0.2) is 30.2 Å². The zero-order valence-electron chi connectivity index (χ0n) is 17.3. The van der Waals surface area contributed by atoms with E-state index in [1.807, 2.05) is 41.9 Å². The maximum atomic E-state index is 14.5. The molecule has 1 aliphatic rings. The van der Waals surface area contributed by atoms with Gasteiger partial charge in [-0.3, -0.25) is 10.1 Å². The zero-order valence-corrected chi connectivity index (χ0v) is 17.3. The highest BCUT2D eigenvalue weighted by molar-refractivity contribution is 6.12. The summed E-state index contributed by atoms with van der Waals surface area (Å²) in [5, 5.41) is 7.86. The van der Waals surface area contributed by atoms with E-state index in [4.69, 9.17) is 4.98 Å². The molecule has 0 saturated heterocycles. The van der Waals surface area contributed by atoms with Crippen LogP contribution in [0, 0.1) is 5.82 Å². The summed E-state index contributed by atoms with van der Waals surface area (Å²) in [7, 11) is 1.86. The fourth-order valence-electron chi connectivity index (χ4n) is 4.02. The van der Waals surface area contributed by atoms with Gasteiger partial charge in [-0.1, -0.05) is 24.3 Å². The molecule has 1 saturated carbocycles. The number of amides is 1. The highest BCUT2D eigenvalue weighted by Gasteiger charge is 2.28. The van der Waals surface area contributed by atoms with Gasteiger partial charge in [-0.05, 0) is 43.2 Å². The number of hydrogen-bond acceptors (Lipinski definition) is 4. The molecule has 2 aromatic carbocycles. The van der Waals surface area contributed by atoms with Crippen molar-refractivity contribution < 1.29 is 9.18 Å². The third kappa shape index (κ3) is 2.95. The SMILES string of the molecule is Cn1c(NC(=O)c2cc(C3CC3)nc3c2cnn3-c2ccccc2F)nc2ccccc21. The number of aromatic nitrogens is 5. The smallest absolute Gasteiger partial charge is 0.258 e. The second-order valence-corrected chi connectivity index (χ2v) is 8.05. The maximum Gasteiger partial charge on any atom is 0.258 e. The van der Waals surface area contributed by atoms with E-state index in [1.165, 1.54) is 10.7 Å². The van der Waals surface area contributed by atoms with Crippen LogP contribution in [0.15, 0.2) is 60.8 Å². The van der Waals surface area contributed by atoms with Crippen LogP contribution in [0.2, 0.25) is 0 Å². The second-order valence-electron chi connectivity index (χ2n) is 8.05. The standard InChI is InChI=1S/C24H19FN6O/c1-30-21-9-5-3-7-18(21)28-24(30)29-23(32)15-12-19(14-10-11-14)27-22-16(15)13-26-31(22)20-8-4-2-6-17(20)25/h2-9,12-14H,10-11H2,1H3,(H,28,29,32). The van der Waals surface area contributed by atoms with Crippen molar-refractivity contribution in [3.8, 4) is 5.69 Å². The van der Waals surface area contributed by atoms with Crippen molar-refractivity contribution in [3.05, 3.63) is 77.9 Å². The van der Waals surface area contributed by atoms with Gasteiger partial charge in [0.1, 0.15) is 11.5 Å². The average molecular weight is 426 g/mol. The number of anilines is 1. The van der Waals surface area contributed by atoms with Crippen molar-refractivity contribution in [1.29, 1.82) is 0 Å². The molecular formula is C24H19FN6O. The quantitative estimate of drug-likeness (QED) is 0.456. The molecule has 3 heterocycles. The van der Waals surface area contributed by atoms with Crippen LogP contribution in [-0.2, 0) is 7.05 Å². The minimum absolute atomic E-state index is 0.296. The summed E-state index contributed by atoms with van der Waals surface area (Å²) in [6.45, 7) is 0. The van der Waals surface area contributed by atoms with Crippen LogP contribution in [0.3, 0.4) is 0 Å². The van der Waals surface area contributed by atoms with Gasteiger partial charge in [0.2, 0.25) is 5.95 Å². The number of nitrogens with one attached hydrogen (secondary N) is 1. The average Bonchev–Trinajstić information content (AvgIpc) is 3.50. The molecule has 0 atom stereocenters. The molecule has 32 heavy (non-hydrogen) atoms. The van der Waals surface area contributed by atoms with Crippen molar-refractivity contribution in [2.45, 2.75) is 18.8 Å². The van der Waals surface area contributed by atoms with Gasteiger partial charge < -0.3 is 4.57 Å². The van der Waals surface area contributed by atoms with E-state index in [0.29, 0.717) is 34.2 Å². The number of aryl methyl sites for hydroxylation is 1. The monoisotopic (exact) mass is 426 g/mol. The Balaban J connectivity index is 1.47. The van der Waals surface area contributed by atoms with Crippen LogP contribution >= 0.6 is 0 Å². The first-order chi connectivity index (χ1) is 15.6. The third-order valence-electron chi connectivity index (χ3n) is 5.89. The summed E-state index contributed by atoms with van der Waals surface area (Å²) in [5.41, 5.74) is 3.77. The molecule has 0 unspecified atom stereocenters. The van der Waals surface area contributed by atoms with E-state index >= 15 is 0 Å². The summed E-state index contributed by atoms with van der Waals surface area (Å²) < 4.78 is 17.8. The molecular weight excluding hydrogens is 407 g/mol. The number of halogens is 1. The van der Waals surface area contributed by atoms with Crippen molar-refractivity contribution in [1.82, 2.24) is 24.3 Å².